The number of nitrogens with two attached hydrogens (primary N) is 2. The number of hydrogen-bond acceptors (Lipinski definition) is 2. The standard InChI is InChI=1S/C48H68N2/c1-3-5-7-11-17-21-43-35-39(23-29-45(43)37-41-25-31-47(49)32-26-41)19-15-13-9-10-14-16-20-40-24-30-46(38-42-27-33-48(50)34-28-42)44(36-40)22-18-12-8-6-4-2/h23-36H,3-22,37-38,49-50H2,1-2H3. The van der Waals surface area contributed by atoms with E-state index in [0.29, 0.717) is 0 Å². The van der Waals surface area contributed by atoms with Gasteiger partial charge in [0.25, 0.3) is 0 Å². The average Bonchev–Trinajstić information content (AvgIpc) is 3.12. The molecule has 0 aliphatic heterocycles. The number of benzene rings is 4. The number of aryl methyl sites for hydroxylation is 4. The van der Waals surface area contributed by atoms with Crippen LogP contribution in [0.25, 0.3) is 0 Å². The third kappa shape index (κ3) is 14.8. The van der Waals surface area contributed by atoms with Crippen LogP contribution in [0.2, 0.25) is 0 Å². The monoisotopic (exact) mass is 673 g/mol. The van der Waals surface area contributed by atoms with Crippen molar-refractivity contribution in [1.29, 1.82) is 0 Å². The lowest BCUT2D eigenvalue weighted by Crippen LogP contribution is -1.99. The Morgan fingerprint density at radius 1 is 0.320 bits per heavy atom. The first-order chi connectivity index (χ1) is 24.5. The molecule has 0 aromatic heterocycles. The highest BCUT2D eigenvalue weighted by molar-refractivity contribution is 5.43. The fraction of sp³-hybridized carbons (Fsp3) is 0.500. The topological polar surface area (TPSA) is 52.0 Å². The van der Waals surface area contributed by atoms with Crippen LogP contribution in [0.1, 0.15) is 161 Å². The van der Waals surface area contributed by atoms with Crippen LogP contribution in [0.5, 0.6) is 0 Å². The van der Waals surface area contributed by atoms with Gasteiger partial charge in [0, 0.05) is 11.4 Å². The zero-order valence-corrected chi connectivity index (χ0v) is 31.8. The summed E-state index contributed by atoms with van der Waals surface area (Å²) in [6.07, 6.45) is 28.1. The molecule has 2 nitrogen and oxygen atoms in total. The maximum absolute atomic E-state index is 5.95. The van der Waals surface area contributed by atoms with Gasteiger partial charge in [0.05, 0.1) is 0 Å². The Morgan fingerprint density at radius 2 is 0.640 bits per heavy atom. The molecule has 0 saturated carbocycles. The highest BCUT2D eigenvalue weighted by atomic mass is 14.5. The minimum Gasteiger partial charge on any atom is -0.399 e. The van der Waals surface area contributed by atoms with Crippen molar-refractivity contribution in [2.75, 3.05) is 11.5 Å². The Morgan fingerprint density at radius 3 is 1.02 bits per heavy atom. The lowest BCUT2D eigenvalue weighted by molar-refractivity contribution is 0.593. The molecule has 2 heteroatoms. The molecular weight excluding hydrogens is 605 g/mol. The molecule has 0 heterocycles. The molecular formula is C48H68N2. The molecule has 0 amide bonds. The Bertz CT molecular complexity index is 1370. The SMILES string of the molecule is CCCCCCCc1cc(CCCCCCCCc2ccc(Cc3ccc(N)cc3)c(CCCCCCC)c2)ccc1Cc1ccc(N)cc1. The molecule has 4 N–H and O–H groups in total. The molecule has 0 spiro atoms. The average molecular weight is 673 g/mol. The zero-order valence-electron chi connectivity index (χ0n) is 31.8. The van der Waals surface area contributed by atoms with E-state index in [1.54, 1.807) is 11.1 Å². The Kier molecular flexibility index (Phi) is 18.1. The lowest BCUT2D eigenvalue weighted by atomic mass is 9.92. The molecule has 0 saturated heterocycles. The summed E-state index contributed by atoms with van der Waals surface area (Å²) in [5.41, 5.74) is 25.4. The van der Waals surface area contributed by atoms with Crippen molar-refractivity contribution in [3.8, 4) is 0 Å². The quantitative estimate of drug-likeness (QED) is 0.0544. The molecule has 0 bridgehead atoms. The van der Waals surface area contributed by atoms with Crippen molar-refractivity contribution in [1.82, 2.24) is 0 Å². The summed E-state index contributed by atoms with van der Waals surface area (Å²) < 4.78 is 0. The van der Waals surface area contributed by atoms with Crippen LogP contribution in [0.4, 0.5) is 11.4 Å². The molecule has 0 aliphatic carbocycles. The molecule has 0 aliphatic rings. The van der Waals surface area contributed by atoms with Crippen LogP contribution in [0.15, 0.2) is 84.9 Å². The molecule has 50 heavy (non-hydrogen) atoms. The highest BCUT2D eigenvalue weighted by Crippen LogP contribution is 2.24. The van der Waals surface area contributed by atoms with E-state index in [1.807, 2.05) is 24.3 Å². The largest absolute Gasteiger partial charge is 0.399 e. The van der Waals surface area contributed by atoms with Gasteiger partial charge in [-0.1, -0.05) is 152 Å². The molecule has 0 radical (unpaired) electrons. The third-order valence-electron chi connectivity index (χ3n) is 10.6. The summed E-state index contributed by atoms with van der Waals surface area (Å²) in [6, 6.07) is 31.5. The van der Waals surface area contributed by atoms with E-state index in [9.17, 15) is 0 Å². The predicted molar refractivity (Wildman–Crippen MR) is 220 cm³/mol. The fourth-order valence-corrected chi connectivity index (χ4v) is 7.39. The van der Waals surface area contributed by atoms with Crippen molar-refractivity contribution < 1.29 is 0 Å². The Hall–Kier alpha value is -3.52. The highest BCUT2D eigenvalue weighted by Gasteiger charge is 2.09. The minimum atomic E-state index is 0.842. The first-order valence-corrected chi connectivity index (χ1v) is 20.4. The summed E-state index contributed by atoms with van der Waals surface area (Å²) in [5, 5.41) is 0. The van der Waals surface area contributed by atoms with E-state index >= 15 is 0 Å². The summed E-state index contributed by atoms with van der Waals surface area (Å²) >= 11 is 0. The van der Waals surface area contributed by atoms with Crippen LogP contribution in [0.3, 0.4) is 0 Å². The van der Waals surface area contributed by atoms with Crippen molar-refractivity contribution >= 4 is 11.4 Å². The molecule has 0 fully saturated rings. The van der Waals surface area contributed by atoms with E-state index < -0.39 is 0 Å². The van der Waals surface area contributed by atoms with E-state index in [-0.39, 0.29) is 0 Å². The molecule has 4 aromatic rings. The van der Waals surface area contributed by atoms with Crippen molar-refractivity contribution in [3.63, 3.8) is 0 Å². The second-order valence-electron chi connectivity index (χ2n) is 15.0. The van der Waals surface area contributed by atoms with E-state index in [4.69, 9.17) is 11.5 Å². The van der Waals surface area contributed by atoms with Crippen LogP contribution < -0.4 is 11.5 Å². The van der Waals surface area contributed by atoms with Crippen LogP contribution in [-0.2, 0) is 38.5 Å². The van der Waals surface area contributed by atoms with E-state index in [2.05, 4.69) is 74.5 Å². The van der Waals surface area contributed by atoms with Gasteiger partial charge in [-0.25, -0.2) is 0 Å². The van der Waals surface area contributed by atoms with Crippen LogP contribution in [0, 0.1) is 0 Å². The van der Waals surface area contributed by atoms with Gasteiger partial charge < -0.3 is 11.5 Å². The normalized spacial score (nSPS) is 11.3. The third-order valence-corrected chi connectivity index (χ3v) is 10.6. The Labute approximate surface area is 306 Å². The molecule has 0 unspecified atom stereocenters. The van der Waals surface area contributed by atoms with Gasteiger partial charge in [-0.15, -0.1) is 0 Å². The molecule has 0 atom stereocenters. The van der Waals surface area contributed by atoms with E-state index in [0.717, 1.165) is 24.2 Å². The minimum absolute atomic E-state index is 0.842. The second kappa shape index (κ2) is 23.0. The van der Waals surface area contributed by atoms with Crippen LogP contribution >= 0.6 is 0 Å². The molecule has 4 rings (SSSR count). The second-order valence-corrected chi connectivity index (χ2v) is 15.0. The van der Waals surface area contributed by atoms with Crippen molar-refractivity contribution in [3.05, 3.63) is 129 Å². The Balaban J connectivity index is 1.20. The number of unbranched alkanes of at least 4 members (excludes halogenated alkanes) is 13. The van der Waals surface area contributed by atoms with Gasteiger partial charge in [0.15, 0.2) is 0 Å². The van der Waals surface area contributed by atoms with Crippen LogP contribution in [-0.4, -0.2) is 0 Å². The summed E-state index contributed by atoms with van der Waals surface area (Å²) in [7, 11) is 0. The summed E-state index contributed by atoms with van der Waals surface area (Å²) in [4.78, 5) is 0. The van der Waals surface area contributed by atoms with Gasteiger partial charge >= 0.3 is 0 Å². The van der Waals surface area contributed by atoms with Gasteiger partial charge in [0.1, 0.15) is 0 Å². The fourth-order valence-electron chi connectivity index (χ4n) is 7.39. The lowest BCUT2D eigenvalue weighted by Gasteiger charge is -2.13. The number of anilines is 2. The zero-order chi connectivity index (χ0) is 35.2. The predicted octanol–water partition coefficient (Wildman–Crippen LogP) is 13.2. The maximum Gasteiger partial charge on any atom is 0.0314 e. The number of rotatable bonds is 25. The van der Waals surface area contributed by atoms with Gasteiger partial charge in [0.2, 0.25) is 0 Å². The van der Waals surface area contributed by atoms with Gasteiger partial charge in [-0.2, -0.15) is 0 Å². The van der Waals surface area contributed by atoms with Crippen molar-refractivity contribution in [2.45, 2.75) is 155 Å². The molecule has 4 aromatic carbocycles. The smallest absolute Gasteiger partial charge is 0.0314 e. The van der Waals surface area contributed by atoms with Gasteiger partial charge in [-0.05, 0) is 133 Å². The van der Waals surface area contributed by atoms with Gasteiger partial charge in [-0.3, -0.25) is 0 Å². The molecule has 270 valence electrons. The number of hydrogen-bond donors (Lipinski definition) is 2. The first-order valence-electron chi connectivity index (χ1n) is 20.4. The van der Waals surface area contributed by atoms with E-state index in [1.165, 1.54) is 162 Å². The van der Waals surface area contributed by atoms with Crippen molar-refractivity contribution in [2.24, 2.45) is 0 Å². The number of nitrogen functional groups attached to an aromatic ring is 2. The summed E-state index contributed by atoms with van der Waals surface area (Å²) in [5.74, 6) is 0. The first kappa shape index (κ1) is 39.3. The maximum atomic E-state index is 5.95. The summed E-state index contributed by atoms with van der Waals surface area (Å²) in [6.45, 7) is 4.59.